The molecule has 1 aromatic rings. The molecule has 1 N–H and O–H groups in total. The van der Waals surface area contributed by atoms with Gasteiger partial charge in [-0.25, -0.2) is 0 Å². The van der Waals surface area contributed by atoms with Gasteiger partial charge >= 0.3 is 0 Å². The molecular formula is C26H40ClNO2. The molecule has 5 aliphatic rings. The fraction of sp³-hybridized carbons (Fsp3) is 0.769. The number of halogens is 1. The van der Waals surface area contributed by atoms with E-state index in [9.17, 15) is 5.11 Å². The summed E-state index contributed by atoms with van der Waals surface area (Å²) in [4.78, 5) is 2.45. The third-order valence-electron chi connectivity index (χ3n) is 8.74. The average Bonchev–Trinajstić information content (AvgIpc) is 2.69. The maximum Gasteiger partial charge on any atom is 0.119 e. The molecule has 3 atom stereocenters. The van der Waals surface area contributed by atoms with Gasteiger partial charge in [-0.3, -0.25) is 4.90 Å². The molecule has 4 saturated carbocycles. The normalized spacial score (nSPS) is 38.8. The number of nitrogens with zero attached hydrogens (tertiary/aromatic N) is 1. The summed E-state index contributed by atoms with van der Waals surface area (Å²) in [6.45, 7) is 5.67. The standard InChI is InChI=1S/C26H39NO2.ClH/c1-18-4-3-5-19(2)27(18)16-24(28)17-29-25-8-6-23(7-9-25)26-13-20-10-21(14-26)12-22(11-20)15-26;/h6-9,18-22,24,28H,3-5,10-17H2,1-2H3;1H. The van der Waals surface area contributed by atoms with Gasteiger partial charge in [-0.15, -0.1) is 12.4 Å². The average molecular weight is 434 g/mol. The van der Waals surface area contributed by atoms with Gasteiger partial charge in [0.05, 0.1) is 0 Å². The SMILES string of the molecule is CC1CCCC(C)N1CC(O)COc1ccc(C23CC4CC(CC(C4)C2)C3)cc1.Cl. The highest BCUT2D eigenvalue weighted by Crippen LogP contribution is 2.60. The van der Waals surface area contributed by atoms with Gasteiger partial charge in [-0.1, -0.05) is 18.6 Å². The molecule has 3 unspecified atom stereocenters. The van der Waals surface area contributed by atoms with Crippen LogP contribution in [-0.2, 0) is 5.41 Å². The van der Waals surface area contributed by atoms with Crippen LogP contribution in [-0.4, -0.2) is 41.3 Å². The Bertz CT molecular complexity index is 660. The van der Waals surface area contributed by atoms with Gasteiger partial charge in [0, 0.05) is 18.6 Å². The number of rotatable bonds is 6. The molecule has 6 rings (SSSR count). The van der Waals surface area contributed by atoms with Crippen LogP contribution in [0.1, 0.15) is 77.2 Å². The van der Waals surface area contributed by atoms with Crippen LogP contribution in [0.15, 0.2) is 24.3 Å². The van der Waals surface area contributed by atoms with Gasteiger partial charge in [0.15, 0.2) is 0 Å². The van der Waals surface area contributed by atoms with Gasteiger partial charge in [0.25, 0.3) is 0 Å². The number of aliphatic hydroxyl groups excluding tert-OH is 1. The van der Waals surface area contributed by atoms with Crippen LogP contribution < -0.4 is 4.74 Å². The fourth-order valence-electron chi connectivity index (χ4n) is 7.69. The highest BCUT2D eigenvalue weighted by Gasteiger charge is 2.51. The van der Waals surface area contributed by atoms with E-state index in [0.717, 1.165) is 23.5 Å². The van der Waals surface area contributed by atoms with Crippen LogP contribution in [0.25, 0.3) is 0 Å². The van der Waals surface area contributed by atoms with E-state index in [2.05, 4.69) is 43.0 Å². The predicted molar refractivity (Wildman–Crippen MR) is 125 cm³/mol. The molecule has 0 aromatic heterocycles. The van der Waals surface area contributed by atoms with Crippen LogP contribution in [0.3, 0.4) is 0 Å². The number of piperidine rings is 1. The van der Waals surface area contributed by atoms with Gasteiger partial charge in [0.1, 0.15) is 18.5 Å². The molecule has 5 fully saturated rings. The lowest BCUT2D eigenvalue weighted by Gasteiger charge is -2.57. The minimum atomic E-state index is -0.430. The Morgan fingerprint density at radius 3 is 2.03 bits per heavy atom. The van der Waals surface area contributed by atoms with Crippen molar-refractivity contribution >= 4 is 12.4 Å². The molecule has 1 heterocycles. The second-order valence-electron chi connectivity index (χ2n) is 11.0. The van der Waals surface area contributed by atoms with Crippen molar-refractivity contribution in [2.24, 2.45) is 17.8 Å². The summed E-state index contributed by atoms with van der Waals surface area (Å²) in [5, 5.41) is 10.5. The lowest BCUT2D eigenvalue weighted by atomic mass is 9.48. The summed E-state index contributed by atoms with van der Waals surface area (Å²) in [7, 11) is 0. The van der Waals surface area contributed by atoms with Crippen molar-refractivity contribution in [2.45, 2.75) is 95.2 Å². The monoisotopic (exact) mass is 433 g/mol. The molecular weight excluding hydrogens is 394 g/mol. The molecule has 4 heteroatoms. The second kappa shape index (κ2) is 9.00. The Morgan fingerprint density at radius 2 is 1.50 bits per heavy atom. The van der Waals surface area contributed by atoms with Crippen LogP contribution in [0.4, 0.5) is 0 Å². The summed E-state index contributed by atoms with van der Waals surface area (Å²) in [6, 6.07) is 10.1. The van der Waals surface area contributed by atoms with Gasteiger partial charge in [-0.2, -0.15) is 0 Å². The topological polar surface area (TPSA) is 32.7 Å². The summed E-state index contributed by atoms with van der Waals surface area (Å²) in [5.41, 5.74) is 1.99. The molecule has 4 aliphatic carbocycles. The first-order chi connectivity index (χ1) is 14.0. The number of β-amino-alcohol motifs (C(OH)–C–C–N with tert-alkyl or cyclic N) is 1. The Hall–Kier alpha value is -0.770. The number of likely N-dealkylation sites (tertiary alicyclic amines) is 1. The van der Waals surface area contributed by atoms with Crippen molar-refractivity contribution in [1.29, 1.82) is 0 Å². The number of benzene rings is 1. The van der Waals surface area contributed by atoms with Crippen molar-refractivity contribution in [1.82, 2.24) is 4.90 Å². The van der Waals surface area contributed by atoms with Gasteiger partial charge < -0.3 is 9.84 Å². The lowest BCUT2D eigenvalue weighted by molar-refractivity contribution is -0.00524. The fourth-order valence-corrected chi connectivity index (χ4v) is 7.69. The first-order valence-corrected chi connectivity index (χ1v) is 12.2. The number of aliphatic hydroxyl groups is 1. The molecule has 30 heavy (non-hydrogen) atoms. The molecule has 168 valence electrons. The first kappa shape index (κ1) is 22.4. The van der Waals surface area contributed by atoms with E-state index < -0.39 is 6.10 Å². The van der Waals surface area contributed by atoms with E-state index in [1.807, 2.05) is 0 Å². The maximum absolute atomic E-state index is 10.5. The Labute approximate surface area is 189 Å². The van der Waals surface area contributed by atoms with Gasteiger partial charge in [-0.05, 0) is 106 Å². The number of hydrogen-bond acceptors (Lipinski definition) is 3. The van der Waals surface area contributed by atoms with Crippen molar-refractivity contribution in [3.8, 4) is 5.75 Å². The van der Waals surface area contributed by atoms with E-state index in [1.165, 1.54) is 57.8 Å². The highest BCUT2D eigenvalue weighted by molar-refractivity contribution is 5.85. The van der Waals surface area contributed by atoms with Gasteiger partial charge in [0.2, 0.25) is 0 Å². The minimum Gasteiger partial charge on any atom is -0.491 e. The molecule has 0 spiro atoms. The first-order valence-electron chi connectivity index (χ1n) is 12.2. The van der Waals surface area contributed by atoms with Crippen LogP contribution in [0, 0.1) is 17.8 Å². The third-order valence-corrected chi connectivity index (χ3v) is 8.74. The number of hydrogen-bond donors (Lipinski definition) is 1. The molecule has 0 radical (unpaired) electrons. The molecule has 1 saturated heterocycles. The Balaban J connectivity index is 0.00000218. The molecule has 1 aromatic carbocycles. The zero-order valence-electron chi connectivity index (χ0n) is 18.8. The number of ether oxygens (including phenoxy) is 1. The second-order valence-corrected chi connectivity index (χ2v) is 11.0. The van der Waals surface area contributed by atoms with Crippen molar-refractivity contribution in [3.63, 3.8) is 0 Å². The highest BCUT2D eigenvalue weighted by atomic mass is 35.5. The molecule has 0 amide bonds. The summed E-state index contributed by atoms with van der Waals surface area (Å²) < 4.78 is 5.98. The van der Waals surface area contributed by atoms with Crippen molar-refractivity contribution in [3.05, 3.63) is 29.8 Å². The van der Waals surface area contributed by atoms with Crippen LogP contribution >= 0.6 is 12.4 Å². The Morgan fingerprint density at radius 1 is 0.967 bits per heavy atom. The zero-order chi connectivity index (χ0) is 20.0. The predicted octanol–water partition coefficient (Wildman–Crippen LogP) is 5.58. The Kier molecular flexibility index (Phi) is 6.73. The van der Waals surface area contributed by atoms with Crippen molar-refractivity contribution in [2.75, 3.05) is 13.2 Å². The molecule has 3 nitrogen and oxygen atoms in total. The third kappa shape index (κ3) is 4.40. The van der Waals surface area contributed by atoms with E-state index in [1.54, 1.807) is 5.56 Å². The molecule has 4 bridgehead atoms. The summed E-state index contributed by atoms with van der Waals surface area (Å²) in [6.07, 6.45) is 12.1. The van der Waals surface area contributed by atoms with Crippen LogP contribution in [0.2, 0.25) is 0 Å². The lowest BCUT2D eigenvalue weighted by Crippen LogP contribution is -2.48. The van der Waals surface area contributed by atoms with E-state index in [0.29, 0.717) is 30.7 Å². The van der Waals surface area contributed by atoms with Crippen molar-refractivity contribution < 1.29 is 9.84 Å². The largest absolute Gasteiger partial charge is 0.491 e. The molecule has 1 aliphatic heterocycles. The summed E-state index contributed by atoms with van der Waals surface area (Å²) >= 11 is 0. The quantitative estimate of drug-likeness (QED) is 0.635. The summed E-state index contributed by atoms with van der Waals surface area (Å²) in [5.74, 6) is 3.84. The van der Waals surface area contributed by atoms with E-state index in [4.69, 9.17) is 4.74 Å². The van der Waals surface area contributed by atoms with Crippen LogP contribution in [0.5, 0.6) is 5.75 Å². The smallest absolute Gasteiger partial charge is 0.119 e. The minimum absolute atomic E-state index is 0. The van der Waals surface area contributed by atoms with E-state index in [-0.39, 0.29) is 12.4 Å². The van der Waals surface area contributed by atoms with E-state index >= 15 is 0 Å². The zero-order valence-corrected chi connectivity index (χ0v) is 19.6. The maximum atomic E-state index is 10.5.